The number of terminal acetylenes is 1. The molecule has 0 fully saturated rings. The second kappa shape index (κ2) is 7.97. The molecular formula is C19H20N2O3S. The molecule has 0 saturated heterocycles. The fourth-order valence-electron chi connectivity index (χ4n) is 2.28. The van der Waals surface area contributed by atoms with Gasteiger partial charge < -0.3 is 5.32 Å². The summed E-state index contributed by atoms with van der Waals surface area (Å²) in [5.41, 5.74) is 2.76. The van der Waals surface area contributed by atoms with Crippen molar-refractivity contribution in [3.05, 3.63) is 59.2 Å². The van der Waals surface area contributed by atoms with E-state index in [1.807, 2.05) is 13.0 Å². The Morgan fingerprint density at radius 1 is 1.16 bits per heavy atom. The van der Waals surface area contributed by atoms with E-state index in [0.29, 0.717) is 16.8 Å². The van der Waals surface area contributed by atoms with E-state index in [-0.39, 0.29) is 23.8 Å². The third kappa shape index (κ3) is 5.18. The highest BCUT2D eigenvalue weighted by Crippen LogP contribution is 2.16. The third-order valence-electron chi connectivity index (χ3n) is 3.59. The molecule has 0 aromatic heterocycles. The van der Waals surface area contributed by atoms with Gasteiger partial charge in [0.25, 0.3) is 0 Å². The molecule has 25 heavy (non-hydrogen) atoms. The standard InChI is InChI=1S/C19H20N2O3S/c1-4-16-6-5-7-17(13-16)21-19(22)10-11-20-25(23,24)18-12-14(2)8-9-15(18)3/h1,5-9,12-13,20H,10-11H2,2-3H3,(H,21,22). The van der Waals surface area contributed by atoms with Crippen LogP contribution in [0.15, 0.2) is 47.4 Å². The van der Waals surface area contributed by atoms with E-state index >= 15 is 0 Å². The largest absolute Gasteiger partial charge is 0.326 e. The number of aryl methyl sites for hydroxylation is 2. The van der Waals surface area contributed by atoms with Crippen LogP contribution in [0, 0.1) is 26.2 Å². The molecule has 2 rings (SSSR count). The number of sulfonamides is 1. The predicted molar refractivity (Wildman–Crippen MR) is 98.7 cm³/mol. The SMILES string of the molecule is C#Cc1cccc(NC(=O)CCNS(=O)(=O)c2cc(C)ccc2C)c1. The maximum atomic E-state index is 12.4. The van der Waals surface area contributed by atoms with Crippen LogP contribution in [0.1, 0.15) is 23.1 Å². The first kappa shape index (κ1) is 18.7. The Hall–Kier alpha value is -2.62. The van der Waals surface area contributed by atoms with Gasteiger partial charge in [-0.05, 0) is 49.2 Å². The summed E-state index contributed by atoms with van der Waals surface area (Å²) in [6.07, 6.45) is 5.33. The number of anilines is 1. The van der Waals surface area contributed by atoms with Gasteiger partial charge in [-0.1, -0.05) is 24.1 Å². The summed E-state index contributed by atoms with van der Waals surface area (Å²) in [7, 11) is -3.65. The molecular weight excluding hydrogens is 336 g/mol. The first-order chi connectivity index (χ1) is 11.8. The van der Waals surface area contributed by atoms with Crippen LogP contribution < -0.4 is 10.0 Å². The summed E-state index contributed by atoms with van der Waals surface area (Å²) >= 11 is 0. The zero-order valence-electron chi connectivity index (χ0n) is 14.2. The minimum atomic E-state index is -3.65. The van der Waals surface area contributed by atoms with Gasteiger partial charge in [0.2, 0.25) is 15.9 Å². The van der Waals surface area contributed by atoms with Crippen molar-refractivity contribution in [2.24, 2.45) is 0 Å². The van der Waals surface area contributed by atoms with E-state index in [2.05, 4.69) is 16.0 Å². The summed E-state index contributed by atoms with van der Waals surface area (Å²) < 4.78 is 27.2. The molecule has 2 aromatic rings. The van der Waals surface area contributed by atoms with E-state index in [0.717, 1.165) is 5.56 Å². The van der Waals surface area contributed by atoms with Crippen molar-refractivity contribution >= 4 is 21.6 Å². The number of carbonyl (C=O) groups excluding carboxylic acids is 1. The van der Waals surface area contributed by atoms with Crippen molar-refractivity contribution in [3.8, 4) is 12.3 Å². The molecule has 0 aliphatic heterocycles. The molecule has 2 aromatic carbocycles. The van der Waals surface area contributed by atoms with E-state index in [1.165, 1.54) is 0 Å². The van der Waals surface area contributed by atoms with E-state index in [9.17, 15) is 13.2 Å². The van der Waals surface area contributed by atoms with Crippen molar-refractivity contribution in [2.45, 2.75) is 25.2 Å². The van der Waals surface area contributed by atoms with E-state index in [1.54, 1.807) is 43.3 Å². The molecule has 5 nitrogen and oxygen atoms in total. The molecule has 0 radical (unpaired) electrons. The molecule has 0 aliphatic rings. The summed E-state index contributed by atoms with van der Waals surface area (Å²) in [6.45, 7) is 3.58. The summed E-state index contributed by atoms with van der Waals surface area (Å²) in [5, 5.41) is 2.69. The van der Waals surface area contributed by atoms with Crippen LogP contribution in [0.5, 0.6) is 0 Å². The summed E-state index contributed by atoms with van der Waals surface area (Å²) in [4.78, 5) is 12.2. The van der Waals surface area contributed by atoms with Gasteiger partial charge in [0, 0.05) is 24.2 Å². The lowest BCUT2D eigenvalue weighted by Crippen LogP contribution is -2.28. The van der Waals surface area contributed by atoms with Crippen molar-refractivity contribution in [3.63, 3.8) is 0 Å². The number of amides is 1. The topological polar surface area (TPSA) is 75.3 Å². The van der Waals surface area contributed by atoms with Gasteiger partial charge in [0.1, 0.15) is 0 Å². The molecule has 0 saturated carbocycles. The van der Waals surface area contributed by atoms with E-state index in [4.69, 9.17) is 6.42 Å². The van der Waals surface area contributed by atoms with Crippen LogP contribution in [0.25, 0.3) is 0 Å². The average molecular weight is 356 g/mol. The smallest absolute Gasteiger partial charge is 0.240 e. The maximum absolute atomic E-state index is 12.4. The molecule has 2 N–H and O–H groups in total. The van der Waals surface area contributed by atoms with Crippen LogP contribution in [0.2, 0.25) is 0 Å². The molecule has 1 amide bonds. The molecule has 0 heterocycles. The molecule has 130 valence electrons. The lowest BCUT2D eigenvalue weighted by atomic mass is 10.2. The lowest BCUT2D eigenvalue weighted by Gasteiger charge is -2.10. The van der Waals surface area contributed by atoms with Gasteiger partial charge in [0.05, 0.1) is 4.90 Å². The minimum Gasteiger partial charge on any atom is -0.326 e. The molecule has 6 heteroatoms. The van der Waals surface area contributed by atoms with Crippen LogP contribution >= 0.6 is 0 Å². The summed E-state index contributed by atoms with van der Waals surface area (Å²) in [5.74, 6) is 2.20. The highest BCUT2D eigenvalue weighted by molar-refractivity contribution is 7.89. The Balaban J connectivity index is 1.94. The van der Waals surface area contributed by atoms with Crippen LogP contribution in [0.4, 0.5) is 5.69 Å². The monoisotopic (exact) mass is 356 g/mol. The normalized spacial score (nSPS) is 10.9. The predicted octanol–water partition coefficient (Wildman–Crippen LogP) is 2.59. The van der Waals surface area contributed by atoms with Gasteiger partial charge in [0.15, 0.2) is 0 Å². The third-order valence-corrected chi connectivity index (χ3v) is 5.19. The molecule has 0 aliphatic carbocycles. The fourth-order valence-corrected chi connectivity index (χ4v) is 3.64. The Morgan fingerprint density at radius 3 is 2.64 bits per heavy atom. The van der Waals surface area contributed by atoms with Crippen molar-refractivity contribution in [1.82, 2.24) is 4.72 Å². The van der Waals surface area contributed by atoms with Gasteiger partial charge >= 0.3 is 0 Å². The van der Waals surface area contributed by atoms with Crippen molar-refractivity contribution < 1.29 is 13.2 Å². The highest BCUT2D eigenvalue weighted by Gasteiger charge is 2.17. The molecule has 0 spiro atoms. The van der Waals surface area contributed by atoms with Crippen LogP contribution in [-0.4, -0.2) is 20.9 Å². The van der Waals surface area contributed by atoms with E-state index < -0.39 is 10.0 Å². The van der Waals surface area contributed by atoms with Crippen LogP contribution in [0.3, 0.4) is 0 Å². The van der Waals surface area contributed by atoms with Crippen molar-refractivity contribution in [2.75, 3.05) is 11.9 Å². The van der Waals surface area contributed by atoms with Gasteiger partial charge in [-0.3, -0.25) is 4.79 Å². The number of hydrogen-bond donors (Lipinski definition) is 2. The minimum absolute atomic E-state index is 0.0103. The highest BCUT2D eigenvalue weighted by atomic mass is 32.2. The van der Waals surface area contributed by atoms with Crippen LogP contribution in [-0.2, 0) is 14.8 Å². The second-order valence-corrected chi connectivity index (χ2v) is 7.43. The molecule has 0 unspecified atom stereocenters. The number of carbonyl (C=O) groups is 1. The Kier molecular flexibility index (Phi) is 5.97. The molecule has 0 bridgehead atoms. The first-order valence-electron chi connectivity index (χ1n) is 7.75. The van der Waals surface area contributed by atoms with Gasteiger partial charge in [-0.15, -0.1) is 6.42 Å². The van der Waals surface area contributed by atoms with Gasteiger partial charge in [-0.25, -0.2) is 13.1 Å². The number of rotatable bonds is 6. The fraction of sp³-hybridized carbons (Fsp3) is 0.211. The number of nitrogens with one attached hydrogen (secondary N) is 2. The Morgan fingerprint density at radius 2 is 1.92 bits per heavy atom. The Bertz CT molecular complexity index is 928. The second-order valence-electron chi connectivity index (χ2n) is 5.69. The first-order valence-corrected chi connectivity index (χ1v) is 9.23. The van der Waals surface area contributed by atoms with Gasteiger partial charge in [-0.2, -0.15) is 0 Å². The number of hydrogen-bond acceptors (Lipinski definition) is 3. The summed E-state index contributed by atoms with van der Waals surface area (Å²) in [6, 6.07) is 12.1. The zero-order chi connectivity index (χ0) is 18.4. The average Bonchev–Trinajstić information content (AvgIpc) is 2.57. The van der Waals surface area contributed by atoms with Crippen molar-refractivity contribution in [1.29, 1.82) is 0 Å². The zero-order valence-corrected chi connectivity index (χ0v) is 15.0. The number of benzene rings is 2. The Labute approximate surface area is 148 Å². The molecule has 0 atom stereocenters. The quantitative estimate of drug-likeness (QED) is 0.781. The lowest BCUT2D eigenvalue weighted by molar-refractivity contribution is -0.116. The maximum Gasteiger partial charge on any atom is 0.240 e.